The van der Waals surface area contributed by atoms with Gasteiger partial charge in [-0.3, -0.25) is 4.79 Å². The molecule has 1 spiro atoms. The lowest BCUT2D eigenvalue weighted by Gasteiger charge is -2.26. The van der Waals surface area contributed by atoms with Crippen molar-refractivity contribution in [2.45, 2.75) is 37.2 Å². The van der Waals surface area contributed by atoms with E-state index in [-0.39, 0.29) is 41.7 Å². The van der Waals surface area contributed by atoms with Crippen LogP contribution in [0.5, 0.6) is 0 Å². The van der Waals surface area contributed by atoms with Gasteiger partial charge in [-0.2, -0.15) is 0 Å². The summed E-state index contributed by atoms with van der Waals surface area (Å²) in [7, 11) is 0. The highest BCUT2D eigenvalue weighted by Crippen LogP contribution is 2.60. The normalized spacial score (nSPS) is 34.6. The highest BCUT2D eigenvalue weighted by atomic mass is 35.5. The lowest BCUT2D eigenvalue weighted by atomic mass is 9.78. The summed E-state index contributed by atoms with van der Waals surface area (Å²) in [5.74, 6) is 0.452. The largest absolute Gasteiger partial charge is 0.391 e. The average molecular weight is 337 g/mol. The molecule has 0 aromatic heterocycles. The predicted molar refractivity (Wildman–Crippen MR) is 91.8 cm³/mol. The van der Waals surface area contributed by atoms with E-state index in [0.29, 0.717) is 13.1 Å². The number of β-amino-alcohol motifs (C(OH)–C–C–N with tert-alkyl or cyclic N) is 1. The molecule has 3 N–H and O–H groups in total. The van der Waals surface area contributed by atoms with Gasteiger partial charge in [0.25, 0.3) is 0 Å². The Morgan fingerprint density at radius 3 is 2.96 bits per heavy atom. The quantitative estimate of drug-likeness (QED) is 0.782. The minimum absolute atomic E-state index is 0. The number of amides is 1. The van der Waals surface area contributed by atoms with E-state index in [4.69, 9.17) is 0 Å². The summed E-state index contributed by atoms with van der Waals surface area (Å²) in [6.07, 6.45) is 4.12. The molecule has 4 nitrogen and oxygen atoms in total. The zero-order valence-electron chi connectivity index (χ0n) is 13.3. The van der Waals surface area contributed by atoms with E-state index < -0.39 is 0 Å². The van der Waals surface area contributed by atoms with Crippen LogP contribution in [-0.4, -0.2) is 36.8 Å². The van der Waals surface area contributed by atoms with Crippen LogP contribution in [-0.2, 0) is 16.6 Å². The molecule has 1 aromatic carbocycles. The van der Waals surface area contributed by atoms with E-state index in [9.17, 15) is 9.90 Å². The summed E-state index contributed by atoms with van der Waals surface area (Å²) < 4.78 is 0. The molecule has 1 amide bonds. The maximum Gasteiger partial charge on any atom is 0.224 e. The molecule has 2 aliphatic carbocycles. The average Bonchev–Trinajstić information content (AvgIpc) is 3.10. The number of hydrogen-bond acceptors (Lipinski definition) is 3. The van der Waals surface area contributed by atoms with Crippen LogP contribution in [0.25, 0.3) is 0 Å². The molecule has 4 unspecified atom stereocenters. The van der Waals surface area contributed by atoms with Gasteiger partial charge in [-0.25, -0.2) is 0 Å². The van der Waals surface area contributed by atoms with Crippen molar-refractivity contribution in [3.8, 4) is 0 Å². The number of hydrogen-bond donors (Lipinski definition) is 3. The molecule has 1 saturated heterocycles. The van der Waals surface area contributed by atoms with Gasteiger partial charge in [-0.15, -0.1) is 12.4 Å². The van der Waals surface area contributed by atoms with Crippen molar-refractivity contribution >= 4 is 18.3 Å². The molecule has 23 heavy (non-hydrogen) atoms. The number of nitrogens with one attached hydrogen (secondary N) is 2. The van der Waals surface area contributed by atoms with Crippen LogP contribution in [0.3, 0.4) is 0 Å². The first-order valence-electron chi connectivity index (χ1n) is 8.45. The Hall–Kier alpha value is -1.10. The number of halogens is 1. The zero-order valence-corrected chi connectivity index (χ0v) is 14.1. The third-order valence-electron chi connectivity index (χ3n) is 5.86. The molecule has 5 heteroatoms. The molecule has 2 fully saturated rings. The Morgan fingerprint density at radius 1 is 1.35 bits per heavy atom. The Morgan fingerprint density at radius 2 is 2.17 bits per heavy atom. The molecule has 3 aliphatic rings. The van der Waals surface area contributed by atoms with Crippen molar-refractivity contribution in [3.63, 3.8) is 0 Å². The van der Waals surface area contributed by atoms with E-state index >= 15 is 0 Å². The predicted octanol–water partition coefficient (Wildman–Crippen LogP) is 1.40. The topological polar surface area (TPSA) is 61.4 Å². The molecule has 0 radical (unpaired) electrons. The van der Waals surface area contributed by atoms with Gasteiger partial charge in [-0.1, -0.05) is 24.3 Å². The minimum atomic E-state index is -0.330. The Labute approximate surface area is 143 Å². The minimum Gasteiger partial charge on any atom is -0.391 e. The molecule has 1 aromatic rings. The van der Waals surface area contributed by atoms with E-state index in [0.717, 1.165) is 25.8 Å². The van der Waals surface area contributed by atoms with Crippen LogP contribution in [0.15, 0.2) is 24.3 Å². The van der Waals surface area contributed by atoms with Gasteiger partial charge in [0.1, 0.15) is 0 Å². The van der Waals surface area contributed by atoms with Crippen molar-refractivity contribution in [2.24, 2.45) is 11.8 Å². The fraction of sp³-hybridized carbons (Fsp3) is 0.611. The lowest BCUT2D eigenvalue weighted by Crippen LogP contribution is -2.36. The van der Waals surface area contributed by atoms with E-state index in [1.54, 1.807) is 0 Å². The summed E-state index contributed by atoms with van der Waals surface area (Å²) in [5.41, 5.74) is 2.94. The van der Waals surface area contributed by atoms with Crippen molar-refractivity contribution in [2.75, 3.05) is 19.6 Å². The maximum absolute atomic E-state index is 12.5. The van der Waals surface area contributed by atoms with Gasteiger partial charge in [-0.05, 0) is 36.8 Å². The first-order valence-corrected chi connectivity index (χ1v) is 8.45. The van der Waals surface area contributed by atoms with Crippen molar-refractivity contribution in [1.29, 1.82) is 0 Å². The third-order valence-corrected chi connectivity index (χ3v) is 5.86. The summed E-state index contributed by atoms with van der Waals surface area (Å²) in [6, 6.07) is 8.63. The number of aliphatic hydroxyl groups is 1. The molecule has 126 valence electrons. The van der Waals surface area contributed by atoms with E-state index in [1.807, 2.05) is 0 Å². The number of rotatable bonds is 3. The van der Waals surface area contributed by atoms with Crippen LogP contribution >= 0.6 is 12.4 Å². The summed E-state index contributed by atoms with van der Waals surface area (Å²) >= 11 is 0. The SMILES string of the molecule is Cl.O=C(NCC1CNCC1O)C1CC12CCCc1ccccc12. The molecule has 4 rings (SSSR count). The third kappa shape index (κ3) is 2.88. The molecule has 4 atom stereocenters. The second kappa shape index (κ2) is 6.42. The van der Waals surface area contributed by atoms with Crippen molar-refractivity contribution in [3.05, 3.63) is 35.4 Å². The number of aryl methyl sites for hydroxylation is 1. The second-order valence-corrected chi connectivity index (χ2v) is 7.15. The highest BCUT2D eigenvalue weighted by Gasteiger charge is 2.59. The Balaban J connectivity index is 0.00000156. The fourth-order valence-electron chi connectivity index (χ4n) is 4.46. The van der Waals surface area contributed by atoms with Crippen LogP contribution < -0.4 is 10.6 Å². The molecule has 1 aliphatic heterocycles. The molecule has 1 saturated carbocycles. The van der Waals surface area contributed by atoms with Crippen molar-refractivity contribution < 1.29 is 9.90 Å². The number of fused-ring (bicyclic) bond motifs is 2. The maximum atomic E-state index is 12.5. The number of carbonyl (C=O) groups is 1. The first-order chi connectivity index (χ1) is 10.7. The van der Waals surface area contributed by atoms with E-state index in [1.165, 1.54) is 17.5 Å². The first kappa shape index (κ1) is 16.7. The molecule has 0 bridgehead atoms. The van der Waals surface area contributed by atoms with Crippen LogP contribution in [0.1, 0.15) is 30.4 Å². The summed E-state index contributed by atoms with van der Waals surface area (Å²) in [6.45, 7) is 2.02. The van der Waals surface area contributed by atoms with E-state index in [2.05, 4.69) is 34.9 Å². The van der Waals surface area contributed by atoms with Gasteiger partial charge in [0.05, 0.1) is 6.10 Å². The highest BCUT2D eigenvalue weighted by molar-refractivity contribution is 5.85. The standard InChI is InChI=1S/C18H24N2O2.ClH/c21-16-11-19-9-13(16)10-20-17(22)15-8-18(15)7-3-5-12-4-1-2-6-14(12)18;/h1-2,4,6,13,15-16,19,21H,3,5,7-11H2,(H,20,22);1H. The van der Waals surface area contributed by atoms with Crippen LogP contribution in [0, 0.1) is 11.8 Å². The molecular weight excluding hydrogens is 312 g/mol. The second-order valence-electron chi connectivity index (χ2n) is 7.15. The Bertz CT molecular complexity index is 594. The zero-order chi connectivity index (χ0) is 15.2. The summed E-state index contributed by atoms with van der Waals surface area (Å²) in [4.78, 5) is 12.5. The van der Waals surface area contributed by atoms with Crippen molar-refractivity contribution in [1.82, 2.24) is 10.6 Å². The van der Waals surface area contributed by atoms with Gasteiger partial charge in [0.15, 0.2) is 0 Å². The molecular formula is C18H25ClN2O2. The fourth-order valence-corrected chi connectivity index (χ4v) is 4.46. The van der Waals surface area contributed by atoms with Gasteiger partial charge in [0, 0.05) is 36.9 Å². The van der Waals surface area contributed by atoms with Gasteiger partial charge >= 0.3 is 0 Å². The number of aliphatic hydroxyl groups excluding tert-OH is 1. The lowest BCUT2D eigenvalue weighted by molar-refractivity contribution is -0.123. The number of carbonyl (C=O) groups excluding carboxylic acids is 1. The van der Waals surface area contributed by atoms with Crippen LogP contribution in [0.2, 0.25) is 0 Å². The van der Waals surface area contributed by atoms with Gasteiger partial charge < -0.3 is 15.7 Å². The Kier molecular flexibility index (Phi) is 4.68. The summed E-state index contributed by atoms with van der Waals surface area (Å²) in [5, 5.41) is 16.1. The monoisotopic (exact) mass is 336 g/mol. The van der Waals surface area contributed by atoms with Gasteiger partial charge in [0.2, 0.25) is 5.91 Å². The van der Waals surface area contributed by atoms with Crippen LogP contribution in [0.4, 0.5) is 0 Å². The molecule has 1 heterocycles. The number of benzene rings is 1. The smallest absolute Gasteiger partial charge is 0.224 e.